The van der Waals surface area contributed by atoms with Crippen LogP contribution < -0.4 is 0 Å². The fraction of sp³-hybridized carbons (Fsp3) is 0.235. The molecule has 1 unspecified atom stereocenters. The molecule has 1 atom stereocenters. The van der Waals surface area contributed by atoms with Crippen molar-refractivity contribution in [2.45, 2.75) is 19.8 Å². The summed E-state index contributed by atoms with van der Waals surface area (Å²) < 4.78 is 19.6. The Balaban J connectivity index is 2.29. The highest BCUT2D eigenvalue weighted by atomic mass is 32.1. The molecule has 0 aliphatic heterocycles. The molecule has 0 heterocycles. The topological polar surface area (TPSA) is 9.23 Å². The number of hydrogen-bond donors (Lipinski definition) is 0. The van der Waals surface area contributed by atoms with Crippen molar-refractivity contribution in [3.63, 3.8) is 0 Å². The van der Waals surface area contributed by atoms with Crippen molar-refractivity contribution in [2.75, 3.05) is 6.61 Å². The van der Waals surface area contributed by atoms with Crippen molar-refractivity contribution in [1.29, 1.82) is 0 Å². The monoisotopic (exact) mass is 288 g/mol. The van der Waals surface area contributed by atoms with Crippen LogP contribution in [0.3, 0.4) is 0 Å². The minimum absolute atomic E-state index is 0.0933. The molecule has 2 aromatic rings. The van der Waals surface area contributed by atoms with E-state index in [0.29, 0.717) is 17.2 Å². The third-order valence-corrected chi connectivity index (χ3v) is 3.69. The lowest BCUT2D eigenvalue weighted by Gasteiger charge is -2.14. The molecule has 0 N–H and O–H groups in total. The van der Waals surface area contributed by atoms with Gasteiger partial charge < -0.3 is 4.74 Å². The Morgan fingerprint density at radius 1 is 1.20 bits per heavy atom. The summed E-state index contributed by atoms with van der Waals surface area (Å²) in [7, 11) is 0. The summed E-state index contributed by atoms with van der Waals surface area (Å²) in [6.07, 6.45) is 0. The second kappa shape index (κ2) is 6.62. The van der Waals surface area contributed by atoms with Gasteiger partial charge in [-0.2, -0.15) is 0 Å². The van der Waals surface area contributed by atoms with Crippen LogP contribution in [0.25, 0.3) is 11.1 Å². The van der Waals surface area contributed by atoms with Gasteiger partial charge in [0.25, 0.3) is 0 Å². The molecule has 0 aliphatic carbocycles. The van der Waals surface area contributed by atoms with E-state index in [-0.39, 0.29) is 11.7 Å². The summed E-state index contributed by atoms with van der Waals surface area (Å²) in [6.45, 7) is 4.35. The average Bonchev–Trinajstić information content (AvgIpc) is 2.47. The predicted molar refractivity (Wildman–Crippen MR) is 84.5 cm³/mol. The number of benzene rings is 2. The second-order valence-corrected chi connectivity index (χ2v) is 4.98. The lowest BCUT2D eigenvalue weighted by molar-refractivity contribution is 0.323. The molecule has 0 saturated carbocycles. The van der Waals surface area contributed by atoms with Gasteiger partial charge in [0, 0.05) is 11.5 Å². The molecule has 1 nitrogen and oxygen atoms in total. The molecular formula is C17H17FOS. The fourth-order valence-corrected chi connectivity index (χ4v) is 2.31. The van der Waals surface area contributed by atoms with E-state index >= 15 is 0 Å². The van der Waals surface area contributed by atoms with Crippen LogP contribution in [0.4, 0.5) is 4.39 Å². The van der Waals surface area contributed by atoms with Gasteiger partial charge >= 0.3 is 0 Å². The van der Waals surface area contributed by atoms with Crippen LogP contribution in [-0.4, -0.2) is 11.7 Å². The van der Waals surface area contributed by atoms with Gasteiger partial charge in [0.2, 0.25) is 0 Å². The van der Waals surface area contributed by atoms with Gasteiger partial charge in [-0.1, -0.05) is 49.4 Å². The summed E-state index contributed by atoms with van der Waals surface area (Å²) in [5, 5.41) is 0.499. The van der Waals surface area contributed by atoms with Crippen molar-refractivity contribution >= 4 is 17.3 Å². The molecule has 2 rings (SSSR count). The zero-order valence-electron chi connectivity index (χ0n) is 11.6. The van der Waals surface area contributed by atoms with Gasteiger partial charge in [0.1, 0.15) is 5.82 Å². The van der Waals surface area contributed by atoms with Crippen LogP contribution in [0.2, 0.25) is 0 Å². The normalized spacial score (nSPS) is 11.9. The maximum atomic E-state index is 14.3. The van der Waals surface area contributed by atoms with Crippen LogP contribution in [0.15, 0.2) is 48.5 Å². The Morgan fingerprint density at radius 2 is 1.90 bits per heavy atom. The molecule has 0 fully saturated rings. The van der Waals surface area contributed by atoms with Gasteiger partial charge in [-0.05, 0) is 36.3 Å². The van der Waals surface area contributed by atoms with Crippen molar-refractivity contribution in [1.82, 2.24) is 0 Å². The maximum Gasteiger partial charge on any atom is 0.166 e. The Morgan fingerprint density at radius 3 is 2.50 bits per heavy atom. The third kappa shape index (κ3) is 3.23. The van der Waals surface area contributed by atoms with Crippen LogP contribution in [-0.2, 0) is 4.74 Å². The summed E-state index contributed by atoms with van der Waals surface area (Å²) >= 11 is 5.18. The maximum absolute atomic E-state index is 14.3. The minimum atomic E-state index is -0.236. The standard InChI is InChI=1S/C17H17FOS/c1-3-19-17(20)12(2)14-9-10-15(16(18)11-14)13-7-5-4-6-8-13/h4-12H,3H2,1-2H3. The van der Waals surface area contributed by atoms with Crippen LogP contribution >= 0.6 is 12.2 Å². The summed E-state index contributed by atoms with van der Waals surface area (Å²) in [6, 6.07) is 14.7. The van der Waals surface area contributed by atoms with E-state index in [1.165, 1.54) is 0 Å². The van der Waals surface area contributed by atoms with Crippen LogP contribution in [0.1, 0.15) is 25.3 Å². The highest BCUT2D eigenvalue weighted by Crippen LogP contribution is 2.27. The van der Waals surface area contributed by atoms with E-state index in [0.717, 1.165) is 11.1 Å². The first kappa shape index (κ1) is 14.7. The van der Waals surface area contributed by atoms with Gasteiger partial charge in [-0.3, -0.25) is 0 Å². The highest BCUT2D eigenvalue weighted by molar-refractivity contribution is 7.80. The summed E-state index contributed by atoms with van der Waals surface area (Å²) in [5.41, 5.74) is 2.31. The van der Waals surface area contributed by atoms with Crippen LogP contribution in [0, 0.1) is 5.82 Å². The molecule has 3 heteroatoms. The summed E-state index contributed by atoms with van der Waals surface area (Å²) in [4.78, 5) is 0. The molecule has 2 aromatic carbocycles. The summed E-state index contributed by atoms with van der Waals surface area (Å²) in [5.74, 6) is -0.330. The van der Waals surface area contributed by atoms with Gasteiger partial charge in [-0.25, -0.2) is 4.39 Å². The van der Waals surface area contributed by atoms with Crippen molar-refractivity contribution in [3.05, 3.63) is 59.9 Å². The SMILES string of the molecule is CCOC(=S)C(C)c1ccc(-c2ccccc2)c(F)c1. The van der Waals surface area contributed by atoms with E-state index in [4.69, 9.17) is 17.0 Å². The zero-order chi connectivity index (χ0) is 14.5. The molecule has 0 aromatic heterocycles. The van der Waals surface area contributed by atoms with Crippen molar-refractivity contribution in [3.8, 4) is 11.1 Å². The number of thiocarbonyl (C=S) groups is 1. The Hall–Kier alpha value is -1.74. The molecule has 104 valence electrons. The van der Waals surface area contributed by atoms with Gasteiger partial charge in [0.15, 0.2) is 5.05 Å². The Kier molecular flexibility index (Phi) is 4.85. The van der Waals surface area contributed by atoms with E-state index in [1.54, 1.807) is 12.1 Å². The quantitative estimate of drug-likeness (QED) is 0.735. The average molecular weight is 288 g/mol. The van der Waals surface area contributed by atoms with E-state index in [1.807, 2.05) is 50.2 Å². The molecule has 0 amide bonds. The predicted octanol–water partition coefficient (Wildman–Crippen LogP) is 4.96. The van der Waals surface area contributed by atoms with Gasteiger partial charge in [-0.15, -0.1) is 0 Å². The molecule has 0 aliphatic rings. The van der Waals surface area contributed by atoms with E-state index in [9.17, 15) is 4.39 Å². The van der Waals surface area contributed by atoms with Crippen molar-refractivity contribution < 1.29 is 9.13 Å². The van der Waals surface area contributed by atoms with E-state index in [2.05, 4.69) is 0 Å². The Labute approximate surface area is 124 Å². The largest absolute Gasteiger partial charge is 0.487 e. The molecule has 0 bridgehead atoms. The van der Waals surface area contributed by atoms with Gasteiger partial charge in [0.05, 0.1) is 6.61 Å². The zero-order valence-corrected chi connectivity index (χ0v) is 12.4. The lowest BCUT2D eigenvalue weighted by atomic mass is 9.97. The second-order valence-electron chi connectivity index (χ2n) is 4.58. The first-order valence-electron chi connectivity index (χ1n) is 6.65. The first-order chi connectivity index (χ1) is 9.63. The molecule has 0 spiro atoms. The number of rotatable bonds is 4. The molecule has 0 radical (unpaired) electrons. The smallest absolute Gasteiger partial charge is 0.166 e. The third-order valence-electron chi connectivity index (χ3n) is 3.22. The molecule has 0 saturated heterocycles. The highest BCUT2D eigenvalue weighted by Gasteiger charge is 2.15. The van der Waals surface area contributed by atoms with E-state index < -0.39 is 0 Å². The lowest BCUT2D eigenvalue weighted by Crippen LogP contribution is -2.11. The number of halogens is 1. The first-order valence-corrected chi connectivity index (χ1v) is 7.05. The fourth-order valence-electron chi connectivity index (χ4n) is 2.06. The van der Waals surface area contributed by atoms with Crippen molar-refractivity contribution in [2.24, 2.45) is 0 Å². The van der Waals surface area contributed by atoms with Crippen LogP contribution in [0.5, 0.6) is 0 Å². The molecular weight excluding hydrogens is 271 g/mol. The number of ether oxygens (including phenoxy) is 1. The Bertz CT molecular complexity index is 595. The minimum Gasteiger partial charge on any atom is -0.487 e. The molecule has 20 heavy (non-hydrogen) atoms. The number of hydrogen-bond acceptors (Lipinski definition) is 2.